The first kappa shape index (κ1) is 35.9. The van der Waals surface area contributed by atoms with Crippen molar-refractivity contribution in [2.75, 3.05) is 0 Å². The van der Waals surface area contributed by atoms with Crippen LogP contribution in [0.5, 0.6) is 0 Å². The van der Waals surface area contributed by atoms with Crippen LogP contribution >= 0.6 is 0 Å². The molecule has 0 atom stereocenters. The standard InChI is InChI=1S/C58H39N3O/c1-58(2)49-26-12-11-25-47(49)48-29-27-42(35-50(48)58)45-30-31-46(54-53(45)52-44-24-10-9-15-36(44)28-32-51(52)62-54)41-22-13-20-39(33-41)40-21-14-23-43(34-40)57-60-55(37-16-5-3-6-17-37)59-56(61-57)38-18-7-4-8-19-38/h3-35H,1-2H3. The quantitative estimate of drug-likeness (QED) is 0.168. The maximum Gasteiger partial charge on any atom is 0.164 e. The third kappa shape index (κ3) is 5.79. The number of furan rings is 1. The van der Waals surface area contributed by atoms with E-state index in [2.05, 4.69) is 153 Å². The van der Waals surface area contributed by atoms with E-state index in [4.69, 9.17) is 19.4 Å². The van der Waals surface area contributed by atoms with Crippen LogP contribution in [0.25, 0.3) is 111 Å². The Kier molecular flexibility index (Phi) is 8.16. The van der Waals surface area contributed by atoms with Gasteiger partial charge in [0.15, 0.2) is 17.5 Å². The first-order chi connectivity index (χ1) is 30.5. The minimum absolute atomic E-state index is 0.109. The lowest BCUT2D eigenvalue weighted by atomic mass is 9.81. The van der Waals surface area contributed by atoms with Crippen LogP contribution in [0.1, 0.15) is 25.0 Å². The molecule has 0 saturated heterocycles. The molecule has 0 fully saturated rings. The highest BCUT2D eigenvalue weighted by Crippen LogP contribution is 2.51. The van der Waals surface area contributed by atoms with Crippen LogP contribution < -0.4 is 0 Å². The predicted octanol–water partition coefficient (Wildman–Crippen LogP) is 15.2. The van der Waals surface area contributed by atoms with E-state index >= 15 is 0 Å². The number of hydrogen-bond donors (Lipinski definition) is 0. The van der Waals surface area contributed by atoms with Gasteiger partial charge in [-0.3, -0.25) is 0 Å². The smallest absolute Gasteiger partial charge is 0.164 e. The fourth-order valence-electron chi connectivity index (χ4n) is 9.62. The van der Waals surface area contributed by atoms with Crippen LogP contribution in [0.2, 0.25) is 0 Å². The van der Waals surface area contributed by atoms with Gasteiger partial charge in [0.2, 0.25) is 0 Å². The van der Waals surface area contributed by atoms with E-state index in [1.54, 1.807) is 0 Å². The lowest BCUT2D eigenvalue weighted by Crippen LogP contribution is -2.14. The maximum absolute atomic E-state index is 6.99. The minimum Gasteiger partial charge on any atom is -0.455 e. The summed E-state index contributed by atoms with van der Waals surface area (Å²) >= 11 is 0. The van der Waals surface area contributed by atoms with Gasteiger partial charge < -0.3 is 4.42 Å². The lowest BCUT2D eigenvalue weighted by molar-refractivity contribution is 0.660. The van der Waals surface area contributed by atoms with Crippen molar-refractivity contribution in [1.29, 1.82) is 0 Å². The van der Waals surface area contributed by atoms with Crippen LogP contribution in [0.3, 0.4) is 0 Å². The van der Waals surface area contributed by atoms with Crippen molar-refractivity contribution in [3.8, 4) is 78.7 Å². The number of hydrogen-bond acceptors (Lipinski definition) is 4. The fourth-order valence-corrected chi connectivity index (χ4v) is 9.62. The van der Waals surface area contributed by atoms with Gasteiger partial charge in [-0.15, -0.1) is 0 Å². The van der Waals surface area contributed by atoms with Gasteiger partial charge >= 0.3 is 0 Å². The molecule has 11 aromatic rings. The van der Waals surface area contributed by atoms with Gasteiger partial charge in [0.25, 0.3) is 0 Å². The second-order valence-electron chi connectivity index (χ2n) is 16.8. The molecule has 0 N–H and O–H groups in total. The van der Waals surface area contributed by atoms with Gasteiger partial charge in [-0.05, 0) is 91.2 Å². The zero-order chi connectivity index (χ0) is 41.4. The Balaban J connectivity index is 0.999. The average molecular weight is 794 g/mol. The van der Waals surface area contributed by atoms with Gasteiger partial charge in [0.1, 0.15) is 11.2 Å². The largest absolute Gasteiger partial charge is 0.455 e. The van der Waals surface area contributed by atoms with E-state index in [0.29, 0.717) is 17.5 Å². The van der Waals surface area contributed by atoms with E-state index in [1.807, 2.05) is 60.7 Å². The second-order valence-corrected chi connectivity index (χ2v) is 16.8. The van der Waals surface area contributed by atoms with Crippen LogP contribution in [0.4, 0.5) is 0 Å². The molecule has 0 aliphatic heterocycles. The third-order valence-electron chi connectivity index (χ3n) is 12.7. The molecular formula is C58H39N3O. The first-order valence-electron chi connectivity index (χ1n) is 21.2. The van der Waals surface area contributed by atoms with E-state index in [-0.39, 0.29) is 5.41 Å². The monoisotopic (exact) mass is 793 g/mol. The number of benzene rings is 9. The molecule has 0 amide bonds. The van der Waals surface area contributed by atoms with E-state index in [1.165, 1.54) is 44.2 Å². The minimum atomic E-state index is -0.109. The Morgan fingerprint density at radius 2 is 0.887 bits per heavy atom. The van der Waals surface area contributed by atoms with Crippen molar-refractivity contribution in [2.24, 2.45) is 0 Å². The summed E-state index contributed by atoms with van der Waals surface area (Å²) in [5, 5.41) is 4.65. The van der Waals surface area contributed by atoms with E-state index < -0.39 is 0 Å². The molecule has 0 bridgehead atoms. The summed E-state index contributed by atoms with van der Waals surface area (Å²) in [6.07, 6.45) is 0. The molecular weight excluding hydrogens is 755 g/mol. The molecule has 4 nitrogen and oxygen atoms in total. The van der Waals surface area contributed by atoms with Crippen LogP contribution in [-0.4, -0.2) is 15.0 Å². The Bertz CT molecular complexity index is 3490. The molecule has 292 valence electrons. The molecule has 0 radical (unpaired) electrons. The number of fused-ring (bicyclic) bond motifs is 8. The third-order valence-corrected chi connectivity index (χ3v) is 12.7. The zero-order valence-corrected chi connectivity index (χ0v) is 34.3. The molecule has 0 unspecified atom stereocenters. The highest BCUT2D eigenvalue weighted by Gasteiger charge is 2.35. The molecule has 9 aromatic carbocycles. The van der Waals surface area contributed by atoms with Crippen LogP contribution in [0, 0.1) is 0 Å². The fraction of sp³-hybridized carbons (Fsp3) is 0.0517. The summed E-state index contributed by atoms with van der Waals surface area (Å²) in [6, 6.07) is 70.8. The average Bonchev–Trinajstić information content (AvgIpc) is 3.84. The maximum atomic E-state index is 6.99. The highest BCUT2D eigenvalue weighted by molar-refractivity contribution is 6.24. The summed E-state index contributed by atoms with van der Waals surface area (Å²) in [6.45, 7) is 4.69. The normalized spacial score (nSPS) is 12.8. The zero-order valence-electron chi connectivity index (χ0n) is 34.3. The van der Waals surface area contributed by atoms with Crippen molar-refractivity contribution < 1.29 is 4.42 Å². The molecule has 0 spiro atoms. The Morgan fingerprint density at radius 3 is 1.63 bits per heavy atom. The van der Waals surface area contributed by atoms with Crippen molar-refractivity contribution in [3.05, 3.63) is 211 Å². The van der Waals surface area contributed by atoms with E-state index in [9.17, 15) is 0 Å². The molecule has 2 heterocycles. The summed E-state index contributed by atoms with van der Waals surface area (Å²) in [5.74, 6) is 1.91. The van der Waals surface area contributed by atoms with Gasteiger partial charge in [-0.25, -0.2) is 15.0 Å². The number of rotatable bonds is 6. The Hall–Kier alpha value is -7.95. The molecule has 0 saturated carbocycles. The summed E-state index contributed by atoms with van der Waals surface area (Å²) in [4.78, 5) is 14.9. The molecule has 4 heteroatoms. The molecule has 12 rings (SSSR count). The Labute approximate surface area is 359 Å². The lowest BCUT2D eigenvalue weighted by Gasteiger charge is -2.22. The van der Waals surface area contributed by atoms with Gasteiger partial charge in [0.05, 0.1) is 0 Å². The van der Waals surface area contributed by atoms with Crippen molar-refractivity contribution >= 4 is 32.7 Å². The van der Waals surface area contributed by atoms with Crippen LogP contribution in [0.15, 0.2) is 205 Å². The molecule has 1 aliphatic carbocycles. The first-order valence-corrected chi connectivity index (χ1v) is 21.2. The summed E-state index contributed by atoms with van der Waals surface area (Å²) < 4.78 is 6.99. The number of aromatic nitrogens is 3. The topological polar surface area (TPSA) is 51.8 Å². The van der Waals surface area contributed by atoms with Gasteiger partial charge in [-0.1, -0.05) is 184 Å². The Morgan fingerprint density at radius 1 is 0.355 bits per heavy atom. The SMILES string of the molecule is CC1(C)c2ccccc2-c2ccc(-c3ccc(-c4cccc(-c5cccc(-c6nc(-c7ccccc7)nc(-c7ccccc7)n6)c5)c4)c4oc5ccc6ccccc6c5c34)cc21. The van der Waals surface area contributed by atoms with Gasteiger partial charge in [0, 0.05) is 38.4 Å². The summed E-state index contributed by atoms with van der Waals surface area (Å²) in [5.41, 5.74) is 16.5. The van der Waals surface area contributed by atoms with E-state index in [0.717, 1.165) is 60.9 Å². The van der Waals surface area contributed by atoms with Crippen molar-refractivity contribution in [3.63, 3.8) is 0 Å². The summed E-state index contributed by atoms with van der Waals surface area (Å²) in [7, 11) is 0. The predicted molar refractivity (Wildman–Crippen MR) is 255 cm³/mol. The van der Waals surface area contributed by atoms with Crippen molar-refractivity contribution in [2.45, 2.75) is 19.3 Å². The number of nitrogens with zero attached hydrogens (tertiary/aromatic N) is 3. The highest BCUT2D eigenvalue weighted by atomic mass is 16.3. The molecule has 1 aliphatic rings. The second kappa shape index (κ2) is 14.1. The molecule has 62 heavy (non-hydrogen) atoms. The van der Waals surface area contributed by atoms with Gasteiger partial charge in [-0.2, -0.15) is 0 Å². The molecule has 2 aromatic heterocycles. The van der Waals surface area contributed by atoms with Crippen LogP contribution in [-0.2, 0) is 5.41 Å². The van der Waals surface area contributed by atoms with Crippen molar-refractivity contribution in [1.82, 2.24) is 15.0 Å².